The Kier molecular flexibility index (Phi) is 6.74. The van der Waals surface area contributed by atoms with Gasteiger partial charge >= 0.3 is 0 Å². The van der Waals surface area contributed by atoms with Gasteiger partial charge in [0, 0.05) is 18.8 Å². The second kappa shape index (κ2) is 8.73. The van der Waals surface area contributed by atoms with Crippen LogP contribution < -0.4 is 5.32 Å². The van der Waals surface area contributed by atoms with Gasteiger partial charge in [-0.05, 0) is 37.1 Å². The number of benzene rings is 1. The zero-order chi connectivity index (χ0) is 20.5. The minimum atomic E-state index is -3.54. The first-order chi connectivity index (χ1) is 13.2. The molecule has 28 heavy (non-hydrogen) atoms. The van der Waals surface area contributed by atoms with Crippen molar-refractivity contribution in [3.8, 4) is 0 Å². The van der Waals surface area contributed by atoms with Crippen molar-refractivity contribution in [2.45, 2.75) is 24.2 Å². The summed E-state index contributed by atoms with van der Waals surface area (Å²) in [4.78, 5) is 16.5. The average molecular weight is 483 g/mol. The van der Waals surface area contributed by atoms with Crippen LogP contribution in [0.4, 0.5) is 5.69 Å². The number of piperidine rings is 1. The van der Waals surface area contributed by atoms with E-state index in [-0.39, 0.29) is 30.8 Å². The molecule has 11 heteroatoms. The van der Waals surface area contributed by atoms with Crippen LogP contribution in [0.2, 0.25) is 20.2 Å². The van der Waals surface area contributed by atoms with Gasteiger partial charge in [-0.15, -0.1) is 0 Å². The van der Waals surface area contributed by atoms with E-state index in [0.29, 0.717) is 18.8 Å². The van der Waals surface area contributed by atoms with Crippen molar-refractivity contribution in [3.05, 3.63) is 50.2 Å². The molecule has 0 unspecified atom stereocenters. The monoisotopic (exact) mass is 481 g/mol. The number of halogens is 4. The summed E-state index contributed by atoms with van der Waals surface area (Å²) in [5.74, 6) is -0.655. The molecule has 1 N–H and O–H groups in total. The van der Waals surface area contributed by atoms with Crippen LogP contribution in [0.25, 0.3) is 0 Å². The molecular formula is C17H15Cl4N3O3S. The zero-order valence-corrected chi connectivity index (χ0v) is 18.2. The van der Waals surface area contributed by atoms with Crippen LogP contribution in [0.5, 0.6) is 0 Å². The lowest BCUT2D eigenvalue weighted by molar-refractivity contribution is 0.102. The number of aromatic nitrogens is 1. The number of anilines is 1. The minimum Gasteiger partial charge on any atom is -0.321 e. The number of carbonyl (C=O) groups excluding carboxylic acids is 1. The maximum atomic E-state index is 12.7. The Morgan fingerprint density at radius 3 is 2.14 bits per heavy atom. The normalized spacial score (nSPS) is 15.4. The largest absolute Gasteiger partial charge is 0.321 e. The Balaban J connectivity index is 1.79. The van der Waals surface area contributed by atoms with Gasteiger partial charge in [0.15, 0.2) is 0 Å². The summed E-state index contributed by atoms with van der Waals surface area (Å²) in [5, 5.41) is 2.18. The van der Waals surface area contributed by atoms with Gasteiger partial charge in [0.2, 0.25) is 10.0 Å². The predicted octanol–water partition coefficient (Wildman–Crippen LogP) is 5.12. The van der Waals surface area contributed by atoms with Crippen LogP contribution in [0.1, 0.15) is 29.8 Å². The van der Waals surface area contributed by atoms with Crippen LogP contribution in [-0.2, 0) is 10.0 Å². The molecule has 0 bridgehead atoms. The summed E-state index contributed by atoms with van der Waals surface area (Å²) >= 11 is 23.6. The van der Waals surface area contributed by atoms with E-state index in [0.717, 1.165) is 19.3 Å². The third kappa shape index (κ3) is 4.40. The zero-order valence-electron chi connectivity index (χ0n) is 14.4. The quantitative estimate of drug-likeness (QED) is 0.613. The smallest absolute Gasteiger partial charge is 0.275 e. The van der Waals surface area contributed by atoms with Crippen LogP contribution in [0, 0.1) is 0 Å². The number of amides is 1. The first-order valence-corrected chi connectivity index (χ1v) is 11.3. The van der Waals surface area contributed by atoms with Crippen molar-refractivity contribution in [3.63, 3.8) is 0 Å². The van der Waals surface area contributed by atoms with E-state index < -0.39 is 15.9 Å². The van der Waals surface area contributed by atoms with Gasteiger partial charge < -0.3 is 5.32 Å². The first-order valence-electron chi connectivity index (χ1n) is 8.33. The molecule has 1 saturated heterocycles. The highest BCUT2D eigenvalue weighted by atomic mass is 35.5. The summed E-state index contributed by atoms with van der Waals surface area (Å²) in [6.45, 7) is 1.03. The average Bonchev–Trinajstić information content (AvgIpc) is 2.70. The third-order valence-corrected chi connectivity index (χ3v) is 7.85. The number of nitrogens with zero attached hydrogens (tertiary/aromatic N) is 2. The molecule has 0 spiro atoms. The number of carbonyl (C=O) groups is 1. The highest BCUT2D eigenvalue weighted by Gasteiger charge is 2.26. The maximum absolute atomic E-state index is 12.7. The molecule has 1 fully saturated rings. The Morgan fingerprint density at radius 2 is 1.54 bits per heavy atom. The molecule has 2 heterocycles. The summed E-state index contributed by atoms with van der Waals surface area (Å²) in [5.41, 5.74) is 0.175. The highest BCUT2D eigenvalue weighted by molar-refractivity contribution is 7.89. The lowest BCUT2D eigenvalue weighted by Gasteiger charge is -2.25. The topological polar surface area (TPSA) is 79.4 Å². The van der Waals surface area contributed by atoms with E-state index in [4.69, 9.17) is 46.4 Å². The predicted molar refractivity (Wildman–Crippen MR) is 111 cm³/mol. The van der Waals surface area contributed by atoms with E-state index in [9.17, 15) is 13.2 Å². The standard InChI is InChI=1S/C17H15Cl4N3O3S/c18-12-13(19)15(23-16(21)14(12)20)17(25)22-10-4-6-11(7-5-10)28(26,27)24-8-2-1-3-9-24/h4-7H,1-3,8-9H2,(H,22,25). The lowest BCUT2D eigenvalue weighted by atomic mass is 10.2. The van der Waals surface area contributed by atoms with Gasteiger partial charge in [0.25, 0.3) is 5.91 Å². The Labute approximate surface area is 182 Å². The molecule has 1 aromatic carbocycles. The second-order valence-corrected chi connectivity index (χ2v) is 9.57. The van der Waals surface area contributed by atoms with Crippen LogP contribution >= 0.6 is 46.4 Å². The van der Waals surface area contributed by atoms with Crippen molar-refractivity contribution in [2.24, 2.45) is 0 Å². The molecule has 1 aliphatic heterocycles. The van der Waals surface area contributed by atoms with Crippen molar-refractivity contribution in [1.82, 2.24) is 9.29 Å². The van der Waals surface area contributed by atoms with Crippen LogP contribution in [0.3, 0.4) is 0 Å². The minimum absolute atomic E-state index is 0.0443. The molecule has 0 atom stereocenters. The molecule has 2 aromatic rings. The molecule has 0 radical (unpaired) electrons. The fourth-order valence-corrected chi connectivity index (χ4v) is 5.12. The summed E-state index contributed by atoms with van der Waals surface area (Å²) in [6.07, 6.45) is 2.74. The molecule has 6 nitrogen and oxygen atoms in total. The molecule has 1 aromatic heterocycles. The molecule has 150 valence electrons. The number of hydrogen-bond acceptors (Lipinski definition) is 4. The lowest BCUT2D eigenvalue weighted by Crippen LogP contribution is -2.35. The van der Waals surface area contributed by atoms with Gasteiger partial charge in [-0.3, -0.25) is 4.79 Å². The van der Waals surface area contributed by atoms with E-state index >= 15 is 0 Å². The SMILES string of the molecule is O=C(Nc1ccc(S(=O)(=O)N2CCCCC2)cc1)c1nc(Cl)c(Cl)c(Cl)c1Cl. The molecular weight excluding hydrogens is 468 g/mol. The fourth-order valence-electron chi connectivity index (χ4n) is 2.79. The Morgan fingerprint density at radius 1 is 0.929 bits per heavy atom. The highest BCUT2D eigenvalue weighted by Crippen LogP contribution is 2.36. The van der Waals surface area contributed by atoms with Crippen molar-refractivity contribution in [2.75, 3.05) is 18.4 Å². The second-order valence-electron chi connectivity index (χ2n) is 6.14. The van der Waals surface area contributed by atoms with Gasteiger partial charge in [-0.2, -0.15) is 4.31 Å². The van der Waals surface area contributed by atoms with E-state index in [1.807, 2.05) is 0 Å². The third-order valence-electron chi connectivity index (χ3n) is 4.26. The number of nitrogens with one attached hydrogen (secondary N) is 1. The van der Waals surface area contributed by atoms with E-state index in [1.54, 1.807) is 0 Å². The van der Waals surface area contributed by atoms with Gasteiger partial charge in [-0.1, -0.05) is 52.8 Å². The number of hydrogen-bond donors (Lipinski definition) is 1. The fraction of sp³-hybridized carbons (Fsp3) is 0.294. The van der Waals surface area contributed by atoms with Gasteiger partial charge in [0.1, 0.15) is 10.8 Å². The molecule has 0 saturated carbocycles. The summed E-state index contributed by atoms with van der Waals surface area (Å²) < 4.78 is 26.8. The van der Waals surface area contributed by atoms with Crippen molar-refractivity contribution < 1.29 is 13.2 Å². The van der Waals surface area contributed by atoms with Gasteiger partial charge in [0.05, 0.1) is 20.0 Å². The number of rotatable bonds is 4. The molecule has 3 rings (SSSR count). The summed E-state index contributed by atoms with van der Waals surface area (Å²) in [7, 11) is -3.54. The van der Waals surface area contributed by atoms with Crippen molar-refractivity contribution in [1.29, 1.82) is 0 Å². The Bertz CT molecular complexity index is 1010. The van der Waals surface area contributed by atoms with Crippen LogP contribution in [0.15, 0.2) is 29.2 Å². The number of pyridine rings is 1. The molecule has 0 aliphatic carbocycles. The number of sulfonamides is 1. The van der Waals surface area contributed by atoms with E-state index in [1.165, 1.54) is 28.6 Å². The molecule has 1 amide bonds. The maximum Gasteiger partial charge on any atom is 0.275 e. The molecule has 1 aliphatic rings. The van der Waals surface area contributed by atoms with Gasteiger partial charge in [-0.25, -0.2) is 13.4 Å². The van der Waals surface area contributed by atoms with E-state index in [2.05, 4.69) is 10.3 Å². The Hall–Kier alpha value is -1.09. The van der Waals surface area contributed by atoms with Crippen molar-refractivity contribution >= 4 is 68.0 Å². The first kappa shape index (κ1) is 21.6. The van der Waals surface area contributed by atoms with Crippen LogP contribution in [-0.4, -0.2) is 36.7 Å². The summed E-state index contributed by atoms with van der Waals surface area (Å²) in [6, 6.07) is 5.86.